The lowest BCUT2D eigenvalue weighted by molar-refractivity contribution is -0.162. The molecule has 0 spiro atoms. The SMILES string of the molecule is C[C@H](Cn1cnc2c(N)ncnc21)OCP(=O)(OCOC(=O)C(C)(C)C)OCOC(=O)C(C)(C)C.O=C(O)CCC(=O)O. The fourth-order valence-corrected chi connectivity index (χ4v) is 3.75. The molecular formula is C25H40N5O12P. The normalized spacial score (nSPS) is 12.6. The summed E-state index contributed by atoms with van der Waals surface area (Å²) in [4.78, 5) is 55.5. The van der Waals surface area contributed by atoms with Gasteiger partial charge in [0.2, 0.25) is 13.6 Å². The van der Waals surface area contributed by atoms with Crippen LogP contribution in [0.25, 0.3) is 11.2 Å². The van der Waals surface area contributed by atoms with Crippen LogP contribution in [0.4, 0.5) is 5.82 Å². The second kappa shape index (κ2) is 16.3. The fraction of sp³-hybridized carbons (Fsp3) is 0.640. The minimum absolute atomic E-state index is 0.253. The van der Waals surface area contributed by atoms with Gasteiger partial charge in [-0.3, -0.25) is 32.8 Å². The smallest absolute Gasteiger partial charge is 0.361 e. The van der Waals surface area contributed by atoms with Gasteiger partial charge in [-0.15, -0.1) is 0 Å². The van der Waals surface area contributed by atoms with Gasteiger partial charge < -0.3 is 34.7 Å². The largest absolute Gasteiger partial charge is 0.481 e. The third kappa shape index (κ3) is 13.9. The molecule has 0 aliphatic rings. The number of rotatable bonds is 14. The van der Waals surface area contributed by atoms with Crippen molar-refractivity contribution in [3.05, 3.63) is 12.7 Å². The van der Waals surface area contributed by atoms with Crippen molar-refractivity contribution in [1.29, 1.82) is 0 Å². The highest BCUT2D eigenvalue weighted by molar-refractivity contribution is 7.53. The second-order valence-corrected chi connectivity index (χ2v) is 13.2. The van der Waals surface area contributed by atoms with Crippen LogP contribution in [-0.2, 0) is 53.5 Å². The van der Waals surface area contributed by atoms with Crippen molar-refractivity contribution in [2.45, 2.75) is 74.0 Å². The number of nitrogens with two attached hydrogens (primary N) is 1. The molecule has 17 nitrogen and oxygen atoms in total. The molecule has 0 fully saturated rings. The summed E-state index contributed by atoms with van der Waals surface area (Å²) in [6, 6.07) is 0. The molecule has 0 unspecified atom stereocenters. The third-order valence-electron chi connectivity index (χ3n) is 5.06. The van der Waals surface area contributed by atoms with Crippen LogP contribution in [0, 0.1) is 10.8 Å². The number of nitrogen functional groups attached to an aromatic ring is 1. The Morgan fingerprint density at radius 1 is 0.907 bits per heavy atom. The van der Waals surface area contributed by atoms with Crippen molar-refractivity contribution in [2.75, 3.05) is 25.7 Å². The van der Waals surface area contributed by atoms with E-state index in [4.69, 9.17) is 39.2 Å². The van der Waals surface area contributed by atoms with E-state index in [2.05, 4.69) is 15.0 Å². The second-order valence-electron chi connectivity index (χ2n) is 11.2. The Hall–Kier alpha value is -3.66. The third-order valence-corrected chi connectivity index (χ3v) is 6.52. The first-order chi connectivity index (χ1) is 19.7. The molecule has 0 aromatic carbocycles. The highest BCUT2D eigenvalue weighted by Crippen LogP contribution is 2.48. The summed E-state index contributed by atoms with van der Waals surface area (Å²) in [5.74, 6) is -3.00. The number of ether oxygens (including phenoxy) is 3. The minimum Gasteiger partial charge on any atom is -0.481 e. The zero-order valence-corrected chi connectivity index (χ0v) is 26.2. The molecular weight excluding hydrogens is 593 g/mol. The number of hydrogen-bond acceptors (Lipinski definition) is 14. The molecule has 0 saturated carbocycles. The maximum absolute atomic E-state index is 13.2. The van der Waals surface area contributed by atoms with E-state index in [9.17, 15) is 23.7 Å². The molecule has 2 rings (SSSR count). The van der Waals surface area contributed by atoms with Crippen LogP contribution in [0.5, 0.6) is 0 Å². The Kier molecular flexibility index (Phi) is 14.1. The van der Waals surface area contributed by atoms with Gasteiger partial charge in [0, 0.05) is 0 Å². The van der Waals surface area contributed by atoms with E-state index in [-0.39, 0.29) is 18.7 Å². The number of fused-ring (bicyclic) bond motifs is 1. The van der Waals surface area contributed by atoms with E-state index in [0.717, 1.165) is 0 Å². The molecule has 43 heavy (non-hydrogen) atoms. The Bertz CT molecular complexity index is 1250. The highest BCUT2D eigenvalue weighted by Gasteiger charge is 2.31. The number of anilines is 1. The number of nitrogens with zero attached hydrogens (tertiary/aromatic N) is 4. The van der Waals surface area contributed by atoms with Gasteiger partial charge in [-0.25, -0.2) is 15.0 Å². The summed E-state index contributed by atoms with van der Waals surface area (Å²) in [6.45, 7) is 10.8. The molecule has 0 saturated heterocycles. The molecule has 2 aromatic rings. The molecule has 2 aromatic heterocycles. The van der Waals surface area contributed by atoms with Crippen molar-refractivity contribution >= 4 is 48.5 Å². The van der Waals surface area contributed by atoms with Crippen LogP contribution in [0.3, 0.4) is 0 Å². The van der Waals surface area contributed by atoms with Gasteiger partial charge in [0.05, 0.1) is 42.6 Å². The predicted molar refractivity (Wildman–Crippen MR) is 150 cm³/mol. The average molecular weight is 634 g/mol. The van der Waals surface area contributed by atoms with E-state index in [1.54, 1.807) is 59.4 Å². The Balaban J connectivity index is 0.00000101. The standard InChI is InChI=1S/C21H34N5O8P.C4H6O4/c1-14(8-26-10-25-15-16(22)23-9-24-17(15)26)32-13-35(29,33-11-30-18(27)20(2,3)4)34-12-31-19(28)21(5,6)7;5-3(6)1-2-4(7)8/h9-10,14H,8,11-13H2,1-7H3,(H2,22,23,24);1-2H2,(H,5,6)(H,7,8)/t14-;/m1./s1. The van der Waals surface area contributed by atoms with Gasteiger partial charge >= 0.3 is 31.5 Å². The van der Waals surface area contributed by atoms with Crippen molar-refractivity contribution in [3.8, 4) is 0 Å². The molecule has 0 amide bonds. The van der Waals surface area contributed by atoms with Crippen molar-refractivity contribution in [3.63, 3.8) is 0 Å². The Labute approximate surface area is 248 Å². The summed E-state index contributed by atoms with van der Waals surface area (Å²) >= 11 is 0. The van der Waals surface area contributed by atoms with Gasteiger partial charge in [0.15, 0.2) is 11.5 Å². The fourth-order valence-electron chi connectivity index (χ4n) is 2.66. The van der Waals surface area contributed by atoms with Gasteiger partial charge in [-0.05, 0) is 48.5 Å². The molecule has 0 aliphatic heterocycles. The number of esters is 2. The number of carboxylic acid groups (broad SMARTS) is 2. The van der Waals surface area contributed by atoms with Gasteiger partial charge in [0.1, 0.15) is 18.2 Å². The average Bonchev–Trinajstić information content (AvgIpc) is 3.29. The first-order valence-electron chi connectivity index (χ1n) is 12.9. The zero-order chi connectivity index (χ0) is 33.0. The molecule has 18 heteroatoms. The van der Waals surface area contributed by atoms with Gasteiger partial charge in [-0.2, -0.15) is 0 Å². The monoisotopic (exact) mass is 633 g/mol. The molecule has 0 bridgehead atoms. The summed E-state index contributed by atoms with van der Waals surface area (Å²) in [7, 11) is -3.98. The van der Waals surface area contributed by atoms with Crippen LogP contribution in [0.2, 0.25) is 0 Å². The van der Waals surface area contributed by atoms with Crippen LogP contribution >= 0.6 is 7.60 Å². The number of imidazole rings is 1. The topological polar surface area (TPSA) is 242 Å². The number of aliphatic carboxylic acids is 2. The van der Waals surface area contributed by atoms with Crippen LogP contribution < -0.4 is 5.73 Å². The lowest BCUT2D eigenvalue weighted by Crippen LogP contribution is -2.25. The van der Waals surface area contributed by atoms with Crippen LogP contribution in [0.15, 0.2) is 12.7 Å². The van der Waals surface area contributed by atoms with Gasteiger partial charge in [0.25, 0.3) is 0 Å². The molecule has 1 atom stereocenters. The lowest BCUT2D eigenvalue weighted by atomic mass is 9.98. The Morgan fingerprint density at radius 2 is 1.40 bits per heavy atom. The van der Waals surface area contributed by atoms with E-state index in [1.165, 1.54) is 6.33 Å². The molecule has 0 aliphatic carbocycles. The van der Waals surface area contributed by atoms with Crippen LogP contribution in [-0.4, -0.2) is 79.6 Å². The maximum Gasteiger partial charge on any atom is 0.361 e. The summed E-state index contributed by atoms with van der Waals surface area (Å²) in [5.41, 5.74) is 5.23. The number of hydrogen-bond donors (Lipinski definition) is 3. The van der Waals surface area contributed by atoms with Crippen molar-refractivity contribution in [2.24, 2.45) is 10.8 Å². The number of aromatic nitrogens is 4. The minimum atomic E-state index is -3.98. The van der Waals surface area contributed by atoms with E-state index < -0.39 is 68.3 Å². The van der Waals surface area contributed by atoms with Crippen LogP contribution in [0.1, 0.15) is 61.3 Å². The molecule has 0 radical (unpaired) electrons. The van der Waals surface area contributed by atoms with Crippen molar-refractivity contribution in [1.82, 2.24) is 19.5 Å². The number of carboxylic acids is 2. The Morgan fingerprint density at radius 3 is 1.84 bits per heavy atom. The summed E-state index contributed by atoms with van der Waals surface area (Å²) in [6.07, 6.45) is 1.30. The highest BCUT2D eigenvalue weighted by atomic mass is 31.2. The number of carbonyl (C=O) groups excluding carboxylic acids is 2. The lowest BCUT2D eigenvalue weighted by Gasteiger charge is -2.23. The summed E-state index contributed by atoms with van der Waals surface area (Å²) < 4.78 is 41.2. The van der Waals surface area contributed by atoms with E-state index in [0.29, 0.717) is 17.7 Å². The zero-order valence-electron chi connectivity index (χ0n) is 25.3. The van der Waals surface area contributed by atoms with Gasteiger partial charge in [-0.1, -0.05) is 0 Å². The predicted octanol–water partition coefficient (Wildman–Crippen LogP) is 3.03. The van der Waals surface area contributed by atoms with E-state index >= 15 is 0 Å². The number of carbonyl (C=O) groups is 4. The first-order valence-corrected chi connectivity index (χ1v) is 14.7. The molecule has 4 N–H and O–H groups in total. The maximum atomic E-state index is 13.2. The first kappa shape index (κ1) is 37.4. The summed E-state index contributed by atoms with van der Waals surface area (Å²) in [5, 5.41) is 15.8. The van der Waals surface area contributed by atoms with Crippen molar-refractivity contribution < 1.29 is 57.2 Å². The van der Waals surface area contributed by atoms with E-state index in [1.807, 2.05) is 0 Å². The molecule has 2 heterocycles. The quantitative estimate of drug-likeness (QED) is 0.154. The molecule has 242 valence electrons.